The van der Waals surface area contributed by atoms with Gasteiger partial charge < -0.3 is 10.1 Å². The molecular weight excluding hydrogens is 229 g/mol. The maximum absolute atomic E-state index is 14.0. The van der Waals surface area contributed by atoms with Gasteiger partial charge in [-0.1, -0.05) is 13.0 Å². The highest BCUT2D eigenvalue weighted by atomic mass is 19.1. The van der Waals surface area contributed by atoms with Crippen LogP contribution in [0.3, 0.4) is 0 Å². The zero-order valence-electron chi connectivity index (χ0n) is 11.0. The highest BCUT2D eigenvalue weighted by Gasteiger charge is 2.15. The average molecular weight is 249 g/mol. The molecule has 2 nitrogen and oxygen atoms in total. The van der Waals surface area contributed by atoms with Crippen LogP contribution in [0.1, 0.15) is 37.8 Å². The third-order valence-electron chi connectivity index (χ3n) is 2.80. The summed E-state index contributed by atoms with van der Waals surface area (Å²) in [5, 5.41) is 3.32. The Morgan fingerprint density at radius 3 is 2.83 bits per heavy atom. The van der Waals surface area contributed by atoms with Gasteiger partial charge in [0, 0.05) is 24.1 Å². The van der Waals surface area contributed by atoms with Crippen LogP contribution in [-0.4, -0.2) is 13.7 Å². The van der Waals surface area contributed by atoms with Crippen molar-refractivity contribution in [1.29, 1.82) is 0 Å². The Balaban J connectivity index is 2.86. The van der Waals surface area contributed by atoms with Crippen LogP contribution in [0.2, 0.25) is 0 Å². The molecule has 0 amide bonds. The van der Waals surface area contributed by atoms with E-state index in [-0.39, 0.29) is 11.9 Å². The highest BCUT2D eigenvalue weighted by molar-refractivity contribution is 5.31. The second kappa shape index (κ2) is 7.73. The van der Waals surface area contributed by atoms with Gasteiger partial charge in [-0.2, -0.15) is 0 Å². The number of nitrogens with one attached hydrogen (secondary N) is 1. The van der Waals surface area contributed by atoms with Crippen LogP contribution in [0, 0.1) is 18.2 Å². The Labute approximate surface area is 109 Å². The molecular formula is C15H20FNO. The van der Waals surface area contributed by atoms with Crippen LogP contribution in [0.5, 0.6) is 5.75 Å². The second-order valence-corrected chi connectivity index (χ2v) is 4.14. The van der Waals surface area contributed by atoms with Crippen LogP contribution in [0.25, 0.3) is 0 Å². The maximum atomic E-state index is 14.0. The third-order valence-corrected chi connectivity index (χ3v) is 2.80. The number of terminal acetylenes is 1. The minimum absolute atomic E-state index is 0.0353. The number of benzene rings is 1. The second-order valence-electron chi connectivity index (χ2n) is 4.14. The quantitative estimate of drug-likeness (QED) is 0.749. The lowest BCUT2D eigenvalue weighted by Crippen LogP contribution is -2.23. The van der Waals surface area contributed by atoms with E-state index in [1.807, 2.05) is 0 Å². The van der Waals surface area contributed by atoms with Crippen molar-refractivity contribution >= 4 is 0 Å². The van der Waals surface area contributed by atoms with Gasteiger partial charge in [0.2, 0.25) is 0 Å². The molecule has 0 aliphatic carbocycles. The molecule has 3 heteroatoms. The lowest BCUT2D eigenvalue weighted by molar-refractivity contribution is 0.408. The summed E-state index contributed by atoms with van der Waals surface area (Å²) in [7, 11) is 1.53. The van der Waals surface area contributed by atoms with E-state index in [1.54, 1.807) is 12.1 Å². The van der Waals surface area contributed by atoms with Gasteiger partial charge in [-0.3, -0.25) is 0 Å². The van der Waals surface area contributed by atoms with E-state index in [0.717, 1.165) is 19.4 Å². The topological polar surface area (TPSA) is 21.3 Å². The first-order valence-electron chi connectivity index (χ1n) is 6.23. The molecule has 1 N–H and O–H groups in total. The minimum atomic E-state index is -0.250. The van der Waals surface area contributed by atoms with Crippen LogP contribution in [0.15, 0.2) is 18.2 Å². The lowest BCUT2D eigenvalue weighted by Gasteiger charge is -2.19. The number of rotatable bonds is 7. The van der Waals surface area contributed by atoms with Crippen LogP contribution >= 0.6 is 0 Å². The van der Waals surface area contributed by atoms with Crippen molar-refractivity contribution < 1.29 is 9.13 Å². The Morgan fingerprint density at radius 2 is 2.28 bits per heavy atom. The van der Waals surface area contributed by atoms with Crippen LogP contribution in [-0.2, 0) is 0 Å². The van der Waals surface area contributed by atoms with Gasteiger partial charge in [-0.25, -0.2) is 4.39 Å². The number of hydrogen-bond acceptors (Lipinski definition) is 2. The standard InChI is InChI=1S/C15H20FNO/c1-4-6-7-15(17-10-5-2)13-9-8-12(18-3)11-14(13)16/h1,8-9,11,15,17H,5-7,10H2,2-3H3. The largest absolute Gasteiger partial charge is 0.497 e. The summed E-state index contributed by atoms with van der Waals surface area (Å²) in [6.45, 7) is 2.93. The Kier molecular flexibility index (Phi) is 6.24. The molecule has 18 heavy (non-hydrogen) atoms. The van der Waals surface area contributed by atoms with E-state index in [1.165, 1.54) is 13.2 Å². The molecule has 0 aliphatic heterocycles. The van der Waals surface area contributed by atoms with E-state index < -0.39 is 0 Å². The number of methoxy groups -OCH3 is 1. The molecule has 1 atom stereocenters. The molecule has 0 fully saturated rings. The van der Waals surface area contributed by atoms with Crippen molar-refractivity contribution in [2.24, 2.45) is 0 Å². The highest BCUT2D eigenvalue weighted by Crippen LogP contribution is 2.24. The Bertz CT molecular complexity index is 411. The fourth-order valence-corrected chi connectivity index (χ4v) is 1.83. The summed E-state index contributed by atoms with van der Waals surface area (Å²) in [4.78, 5) is 0. The van der Waals surface area contributed by atoms with Crippen molar-refractivity contribution in [2.75, 3.05) is 13.7 Å². The van der Waals surface area contributed by atoms with Gasteiger partial charge in [-0.05, 0) is 25.5 Å². The van der Waals surface area contributed by atoms with Gasteiger partial charge in [0.1, 0.15) is 11.6 Å². The zero-order valence-corrected chi connectivity index (χ0v) is 11.0. The van der Waals surface area contributed by atoms with Gasteiger partial charge in [0.25, 0.3) is 0 Å². The van der Waals surface area contributed by atoms with Crippen LogP contribution in [0.4, 0.5) is 4.39 Å². The average Bonchev–Trinajstić information content (AvgIpc) is 2.39. The molecule has 0 spiro atoms. The monoisotopic (exact) mass is 249 g/mol. The number of ether oxygens (including phenoxy) is 1. The van der Waals surface area contributed by atoms with Gasteiger partial charge in [-0.15, -0.1) is 12.3 Å². The fourth-order valence-electron chi connectivity index (χ4n) is 1.83. The van der Waals surface area contributed by atoms with E-state index in [9.17, 15) is 4.39 Å². The molecule has 0 aliphatic rings. The number of hydrogen-bond donors (Lipinski definition) is 1. The first kappa shape index (κ1) is 14.5. The van der Waals surface area contributed by atoms with E-state index in [0.29, 0.717) is 17.7 Å². The summed E-state index contributed by atoms with van der Waals surface area (Å²) in [6, 6.07) is 4.91. The zero-order chi connectivity index (χ0) is 13.4. The maximum Gasteiger partial charge on any atom is 0.131 e. The summed E-state index contributed by atoms with van der Waals surface area (Å²) >= 11 is 0. The smallest absolute Gasteiger partial charge is 0.131 e. The van der Waals surface area contributed by atoms with E-state index in [4.69, 9.17) is 11.2 Å². The van der Waals surface area contributed by atoms with Crippen molar-refractivity contribution in [3.05, 3.63) is 29.6 Å². The molecule has 0 saturated carbocycles. The normalized spacial score (nSPS) is 11.9. The van der Waals surface area contributed by atoms with E-state index in [2.05, 4.69) is 18.2 Å². The van der Waals surface area contributed by atoms with E-state index >= 15 is 0 Å². The van der Waals surface area contributed by atoms with Crippen molar-refractivity contribution in [3.63, 3.8) is 0 Å². The summed E-state index contributed by atoms with van der Waals surface area (Å²) in [5.41, 5.74) is 0.652. The molecule has 1 rings (SSSR count). The predicted octanol–water partition coefficient (Wildman–Crippen LogP) is 3.29. The molecule has 98 valence electrons. The molecule has 1 unspecified atom stereocenters. The summed E-state index contributed by atoms with van der Waals surface area (Å²) < 4.78 is 19.0. The third kappa shape index (κ3) is 4.05. The van der Waals surface area contributed by atoms with Crippen molar-refractivity contribution in [2.45, 2.75) is 32.2 Å². The summed E-state index contributed by atoms with van der Waals surface area (Å²) in [5.74, 6) is 2.88. The fraction of sp³-hybridized carbons (Fsp3) is 0.467. The Hall–Kier alpha value is -1.53. The first-order chi connectivity index (χ1) is 8.72. The van der Waals surface area contributed by atoms with Crippen molar-refractivity contribution in [1.82, 2.24) is 5.32 Å². The molecule has 0 bridgehead atoms. The Morgan fingerprint density at radius 1 is 1.50 bits per heavy atom. The predicted molar refractivity (Wildman–Crippen MR) is 72.1 cm³/mol. The molecule has 1 aromatic rings. The van der Waals surface area contributed by atoms with Gasteiger partial charge in [0.05, 0.1) is 7.11 Å². The van der Waals surface area contributed by atoms with Crippen molar-refractivity contribution in [3.8, 4) is 18.1 Å². The molecule has 0 radical (unpaired) electrons. The van der Waals surface area contributed by atoms with Gasteiger partial charge >= 0.3 is 0 Å². The molecule has 1 aromatic carbocycles. The summed E-state index contributed by atoms with van der Waals surface area (Å²) in [6.07, 6.45) is 7.65. The minimum Gasteiger partial charge on any atom is -0.497 e. The SMILES string of the molecule is C#CCCC(NCCC)c1ccc(OC)cc1F. The number of halogens is 1. The molecule has 0 heterocycles. The van der Waals surface area contributed by atoms with Gasteiger partial charge in [0.15, 0.2) is 0 Å². The first-order valence-corrected chi connectivity index (χ1v) is 6.23. The lowest BCUT2D eigenvalue weighted by atomic mass is 10.0. The molecule has 0 aromatic heterocycles. The van der Waals surface area contributed by atoms with Crippen LogP contribution < -0.4 is 10.1 Å². The molecule has 0 saturated heterocycles.